The standard InChI is InChI=1S/C16H18N6O3/c1-2-12-11(5-6-23)14(17)15(22(24)25)16(20-12)19-10-3-4-13-9(7-10)8-18-21-13/h3-4,7-8,23H,2,5-6H2,1H3,(H,18,21)(H3,17,19,20). The minimum Gasteiger partial charge on any atom is -0.396 e. The summed E-state index contributed by atoms with van der Waals surface area (Å²) in [4.78, 5) is 15.4. The van der Waals surface area contributed by atoms with Crippen molar-refractivity contribution in [3.8, 4) is 0 Å². The van der Waals surface area contributed by atoms with Crippen molar-refractivity contribution in [3.05, 3.63) is 45.8 Å². The fraction of sp³-hybridized carbons (Fsp3) is 0.250. The molecule has 0 radical (unpaired) electrons. The highest BCUT2D eigenvalue weighted by molar-refractivity contribution is 5.84. The van der Waals surface area contributed by atoms with Crippen molar-refractivity contribution in [1.82, 2.24) is 15.2 Å². The maximum atomic E-state index is 11.5. The summed E-state index contributed by atoms with van der Waals surface area (Å²) in [6, 6.07) is 5.41. The first-order valence-corrected chi connectivity index (χ1v) is 7.81. The van der Waals surface area contributed by atoms with E-state index in [1.54, 1.807) is 12.3 Å². The lowest BCUT2D eigenvalue weighted by atomic mass is 10.0. The van der Waals surface area contributed by atoms with Crippen molar-refractivity contribution in [2.24, 2.45) is 0 Å². The van der Waals surface area contributed by atoms with Gasteiger partial charge in [-0.2, -0.15) is 5.10 Å². The molecule has 5 N–H and O–H groups in total. The minimum atomic E-state index is -0.554. The second-order valence-electron chi connectivity index (χ2n) is 5.53. The molecule has 0 aliphatic heterocycles. The van der Waals surface area contributed by atoms with Crippen molar-refractivity contribution in [2.45, 2.75) is 19.8 Å². The average Bonchev–Trinajstić information content (AvgIpc) is 3.04. The molecule has 0 amide bonds. The van der Waals surface area contributed by atoms with Gasteiger partial charge in [-0.1, -0.05) is 6.92 Å². The molecule has 0 bridgehead atoms. The number of nitrogens with zero attached hydrogens (tertiary/aromatic N) is 3. The first kappa shape index (κ1) is 16.7. The van der Waals surface area contributed by atoms with E-state index in [2.05, 4.69) is 20.5 Å². The Labute approximate surface area is 143 Å². The Balaban J connectivity index is 2.10. The van der Waals surface area contributed by atoms with E-state index in [0.717, 1.165) is 10.9 Å². The number of nitrogen functional groups attached to an aromatic ring is 1. The molecule has 0 unspecified atom stereocenters. The van der Waals surface area contributed by atoms with Gasteiger partial charge in [0.05, 0.1) is 16.6 Å². The largest absolute Gasteiger partial charge is 0.396 e. The molecular formula is C16H18N6O3. The van der Waals surface area contributed by atoms with Crippen LogP contribution in [-0.2, 0) is 12.8 Å². The first-order valence-electron chi connectivity index (χ1n) is 7.81. The predicted octanol–water partition coefficient (Wildman–Crippen LogP) is 2.29. The van der Waals surface area contributed by atoms with Crippen LogP contribution in [0.1, 0.15) is 18.2 Å². The molecule has 1 aromatic carbocycles. The summed E-state index contributed by atoms with van der Waals surface area (Å²) in [6.07, 6.45) is 2.44. The van der Waals surface area contributed by atoms with E-state index < -0.39 is 4.92 Å². The van der Waals surface area contributed by atoms with E-state index in [1.165, 1.54) is 0 Å². The number of pyridine rings is 1. The molecule has 0 aliphatic rings. The Morgan fingerprint density at radius 3 is 2.92 bits per heavy atom. The zero-order valence-electron chi connectivity index (χ0n) is 13.6. The zero-order valence-corrected chi connectivity index (χ0v) is 13.6. The molecule has 25 heavy (non-hydrogen) atoms. The fourth-order valence-electron chi connectivity index (χ4n) is 2.79. The van der Waals surface area contributed by atoms with Gasteiger partial charge in [-0.25, -0.2) is 4.98 Å². The molecule has 3 rings (SSSR count). The van der Waals surface area contributed by atoms with Gasteiger partial charge < -0.3 is 16.2 Å². The van der Waals surface area contributed by atoms with Gasteiger partial charge in [0.15, 0.2) is 0 Å². The number of aliphatic hydroxyl groups is 1. The van der Waals surface area contributed by atoms with Crippen LogP contribution in [0.25, 0.3) is 10.9 Å². The van der Waals surface area contributed by atoms with Gasteiger partial charge in [-0.05, 0) is 31.0 Å². The van der Waals surface area contributed by atoms with Gasteiger partial charge in [-0.15, -0.1) is 0 Å². The molecule has 130 valence electrons. The lowest BCUT2D eigenvalue weighted by Gasteiger charge is -2.14. The van der Waals surface area contributed by atoms with Crippen molar-refractivity contribution >= 4 is 33.8 Å². The normalized spacial score (nSPS) is 11.0. The molecule has 0 fully saturated rings. The lowest BCUT2D eigenvalue weighted by Crippen LogP contribution is -2.11. The third-order valence-corrected chi connectivity index (χ3v) is 3.98. The summed E-state index contributed by atoms with van der Waals surface area (Å²) in [5, 5.41) is 31.4. The molecule has 0 saturated heterocycles. The van der Waals surface area contributed by atoms with Crippen LogP contribution in [0.2, 0.25) is 0 Å². The lowest BCUT2D eigenvalue weighted by molar-refractivity contribution is -0.383. The molecule has 0 aliphatic carbocycles. The Kier molecular flexibility index (Phi) is 4.48. The third kappa shape index (κ3) is 3.09. The number of nitrogens with two attached hydrogens (primary N) is 1. The van der Waals surface area contributed by atoms with Crippen LogP contribution < -0.4 is 11.1 Å². The Morgan fingerprint density at radius 2 is 2.24 bits per heavy atom. The maximum absolute atomic E-state index is 11.5. The van der Waals surface area contributed by atoms with Crippen LogP contribution in [0.3, 0.4) is 0 Å². The average molecular weight is 342 g/mol. The molecule has 3 aromatic rings. The van der Waals surface area contributed by atoms with E-state index in [0.29, 0.717) is 23.4 Å². The molecule has 2 heterocycles. The summed E-state index contributed by atoms with van der Waals surface area (Å²) < 4.78 is 0. The zero-order chi connectivity index (χ0) is 18.0. The second-order valence-corrected chi connectivity index (χ2v) is 5.53. The summed E-state index contributed by atoms with van der Waals surface area (Å²) >= 11 is 0. The highest BCUT2D eigenvalue weighted by atomic mass is 16.6. The van der Waals surface area contributed by atoms with Gasteiger partial charge in [0.1, 0.15) is 5.69 Å². The van der Waals surface area contributed by atoms with Crippen molar-refractivity contribution in [3.63, 3.8) is 0 Å². The molecule has 2 aromatic heterocycles. The molecule has 0 saturated carbocycles. The number of aromatic nitrogens is 3. The highest BCUT2D eigenvalue weighted by Crippen LogP contribution is 2.36. The van der Waals surface area contributed by atoms with Crippen LogP contribution in [0, 0.1) is 10.1 Å². The number of hydrogen-bond acceptors (Lipinski definition) is 7. The number of fused-ring (bicyclic) bond motifs is 1. The number of anilines is 3. The van der Waals surface area contributed by atoms with Crippen molar-refractivity contribution in [2.75, 3.05) is 17.7 Å². The number of H-pyrrole nitrogens is 1. The smallest absolute Gasteiger partial charge is 0.334 e. The fourth-order valence-corrected chi connectivity index (χ4v) is 2.79. The molecule has 9 heteroatoms. The minimum absolute atomic E-state index is 0.0396. The van der Waals surface area contributed by atoms with Crippen molar-refractivity contribution < 1.29 is 10.0 Å². The summed E-state index contributed by atoms with van der Waals surface area (Å²) in [7, 11) is 0. The van der Waals surface area contributed by atoms with Crippen molar-refractivity contribution in [1.29, 1.82) is 0 Å². The summed E-state index contributed by atoms with van der Waals surface area (Å²) in [5.41, 5.74) is 8.43. The predicted molar refractivity (Wildman–Crippen MR) is 94.8 cm³/mol. The van der Waals surface area contributed by atoms with E-state index >= 15 is 0 Å². The van der Waals surface area contributed by atoms with Crippen LogP contribution in [0.15, 0.2) is 24.4 Å². The topological polar surface area (TPSA) is 143 Å². The number of benzene rings is 1. The monoisotopic (exact) mass is 342 g/mol. The van der Waals surface area contributed by atoms with Gasteiger partial charge in [-0.3, -0.25) is 15.2 Å². The number of aryl methyl sites for hydroxylation is 1. The molecular weight excluding hydrogens is 324 g/mol. The molecule has 0 spiro atoms. The Hall–Kier alpha value is -3.20. The maximum Gasteiger partial charge on any atom is 0.334 e. The number of aliphatic hydroxyl groups excluding tert-OH is 1. The number of rotatable bonds is 6. The number of aromatic amines is 1. The third-order valence-electron chi connectivity index (χ3n) is 3.98. The highest BCUT2D eigenvalue weighted by Gasteiger charge is 2.25. The number of nitrogens with one attached hydrogen (secondary N) is 2. The molecule has 9 nitrogen and oxygen atoms in total. The van der Waals surface area contributed by atoms with Crippen LogP contribution in [0.4, 0.5) is 22.9 Å². The summed E-state index contributed by atoms with van der Waals surface area (Å²) in [5.74, 6) is 0.0869. The van der Waals surface area contributed by atoms with Crippen LogP contribution in [0.5, 0.6) is 0 Å². The Morgan fingerprint density at radius 1 is 1.44 bits per heavy atom. The van der Waals surface area contributed by atoms with E-state index in [9.17, 15) is 15.2 Å². The first-order chi connectivity index (χ1) is 12.0. The van der Waals surface area contributed by atoms with Gasteiger partial charge in [0.2, 0.25) is 5.82 Å². The van der Waals surface area contributed by atoms with E-state index in [4.69, 9.17) is 5.73 Å². The van der Waals surface area contributed by atoms with Gasteiger partial charge in [0.25, 0.3) is 0 Å². The van der Waals surface area contributed by atoms with E-state index in [-0.39, 0.29) is 30.2 Å². The number of hydrogen-bond donors (Lipinski definition) is 4. The number of nitro groups is 1. The molecule has 0 atom stereocenters. The van der Waals surface area contributed by atoms with E-state index in [1.807, 2.05) is 19.1 Å². The van der Waals surface area contributed by atoms with Crippen LogP contribution in [-0.4, -0.2) is 31.8 Å². The Bertz CT molecular complexity index is 937. The van der Waals surface area contributed by atoms with Crippen LogP contribution >= 0.6 is 0 Å². The quantitative estimate of drug-likeness (QED) is 0.397. The summed E-state index contributed by atoms with van der Waals surface area (Å²) in [6.45, 7) is 1.73. The van der Waals surface area contributed by atoms with Gasteiger partial charge in [0, 0.05) is 28.9 Å². The van der Waals surface area contributed by atoms with Gasteiger partial charge >= 0.3 is 5.69 Å². The SMILES string of the molecule is CCc1nc(Nc2ccc3[nH]ncc3c2)c([N+](=O)[O-])c(N)c1CCO. The second kappa shape index (κ2) is 6.73.